The van der Waals surface area contributed by atoms with Gasteiger partial charge in [-0.25, -0.2) is 0 Å². The summed E-state index contributed by atoms with van der Waals surface area (Å²) in [5.74, 6) is 0.872. The zero-order chi connectivity index (χ0) is 14.7. The first-order valence-electron chi connectivity index (χ1n) is 7.26. The monoisotopic (exact) mass is 287 g/mol. The van der Waals surface area contributed by atoms with Gasteiger partial charge >= 0.3 is 0 Å². The van der Waals surface area contributed by atoms with Crippen LogP contribution >= 0.6 is 0 Å². The van der Waals surface area contributed by atoms with Crippen molar-refractivity contribution in [3.8, 4) is 5.75 Å². The number of hydrogen-bond acceptors (Lipinski definition) is 4. The standard InChI is InChI=1S/C17H21NO3/c1-20-16-5-4-14-8-13(2-3-15(14)9-16)10-18-11-17(19)6-7-21-12-17/h2-5,8-9,18-19H,6-7,10-12H2,1H3. The molecule has 1 saturated heterocycles. The molecule has 2 N–H and O–H groups in total. The Hall–Kier alpha value is -1.62. The van der Waals surface area contributed by atoms with Gasteiger partial charge in [-0.1, -0.05) is 18.2 Å². The number of aliphatic hydroxyl groups is 1. The molecule has 21 heavy (non-hydrogen) atoms. The van der Waals surface area contributed by atoms with E-state index in [1.807, 2.05) is 12.1 Å². The Labute approximate surface area is 124 Å². The second kappa shape index (κ2) is 6.02. The summed E-state index contributed by atoms with van der Waals surface area (Å²) in [6, 6.07) is 12.4. The highest BCUT2D eigenvalue weighted by Crippen LogP contribution is 2.22. The lowest BCUT2D eigenvalue weighted by Gasteiger charge is -2.20. The summed E-state index contributed by atoms with van der Waals surface area (Å²) >= 11 is 0. The number of fused-ring (bicyclic) bond motifs is 1. The van der Waals surface area contributed by atoms with Crippen LogP contribution in [0.15, 0.2) is 36.4 Å². The molecule has 1 atom stereocenters. The van der Waals surface area contributed by atoms with E-state index in [1.54, 1.807) is 7.11 Å². The zero-order valence-electron chi connectivity index (χ0n) is 12.3. The van der Waals surface area contributed by atoms with Crippen LogP contribution in [0, 0.1) is 0 Å². The highest BCUT2D eigenvalue weighted by atomic mass is 16.5. The maximum atomic E-state index is 10.2. The SMILES string of the molecule is COc1ccc2cc(CNCC3(O)CCOC3)ccc2c1. The molecule has 2 aromatic carbocycles. The van der Waals surface area contributed by atoms with Crippen molar-refractivity contribution < 1.29 is 14.6 Å². The Morgan fingerprint density at radius 2 is 2.05 bits per heavy atom. The van der Waals surface area contributed by atoms with Crippen molar-refractivity contribution in [3.05, 3.63) is 42.0 Å². The molecule has 0 spiro atoms. The van der Waals surface area contributed by atoms with Crippen LogP contribution in [0.5, 0.6) is 5.75 Å². The topological polar surface area (TPSA) is 50.7 Å². The Bertz CT molecular complexity index is 620. The molecule has 1 aliphatic heterocycles. The van der Waals surface area contributed by atoms with E-state index >= 15 is 0 Å². The summed E-state index contributed by atoms with van der Waals surface area (Å²) in [6.45, 7) is 2.38. The van der Waals surface area contributed by atoms with Crippen molar-refractivity contribution in [2.45, 2.75) is 18.6 Å². The molecule has 4 heteroatoms. The lowest BCUT2D eigenvalue weighted by molar-refractivity contribution is 0.0268. The van der Waals surface area contributed by atoms with Crippen LogP contribution in [0.2, 0.25) is 0 Å². The summed E-state index contributed by atoms with van der Waals surface area (Å²) in [5.41, 5.74) is 0.500. The molecule has 2 aromatic rings. The van der Waals surface area contributed by atoms with E-state index in [0.717, 1.165) is 12.3 Å². The molecule has 0 radical (unpaired) electrons. The third kappa shape index (κ3) is 3.35. The molecule has 0 amide bonds. The number of ether oxygens (including phenoxy) is 2. The van der Waals surface area contributed by atoms with Gasteiger partial charge in [0.1, 0.15) is 11.4 Å². The summed E-state index contributed by atoms with van der Waals surface area (Å²) in [4.78, 5) is 0. The molecule has 3 rings (SSSR count). The predicted octanol–water partition coefficient (Wildman–Crippen LogP) is 2.09. The first-order valence-corrected chi connectivity index (χ1v) is 7.26. The van der Waals surface area contributed by atoms with Crippen molar-refractivity contribution in [2.75, 3.05) is 26.9 Å². The van der Waals surface area contributed by atoms with Gasteiger partial charge in [0, 0.05) is 26.1 Å². The normalized spacial score (nSPS) is 21.8. The average molecular weight is 287 g/mol. The summed E-state index contributed by atoms with van der Waals surface area (Å²) in [7, 11) is 1.68. The fourth-order valence-corrected chi connectivity index (χ4v) is 2.69. The second-order valence-electron chi connectivity index (χ2n) is 5.68. The van der Waals surface area contributed by atoms with Gasteiger partial charge in [0.25, 0.3) is 0 Å². The van der Waals surface area contributed by atoms with Gasteiger partial charge in [0.05, 0.1) is 13.7 Å². The van der Waals surface area contributed by atoms with E-state index in [4.69, 9.17) is 9.47 Å². The van der Waals surface area contributed by atoms with Gasteiger partial charge < -0.3 is 19.9 Å². The van der Waals surface area contributed by atoms with Gasteiger partial charge in [-0.05, 0) is 34.5 Å². The molecular formula is C17H21NO3. The van der Waals surface area contributed by atoms with Crippen molar-refractivity contribution in [1.29, 1.82) is 0 Å². The zero-order valence-corrected chi connectivity index (χ0v) is 12.3. The maximum Gasteiger partial charge on any atom is 0.119 e. The number of hydrogen-bond donors (Lipinski definition) is 2. The van der Waals surface area contributed by atoms with E-state index in [0.29, 0.717) is 26.2 Å². The molecule has 1 fully saturated rings. The molecular weight excluding hydrogens is 266 g/mol. The highest BCUT2D eigenvalue weighted by Gasteiger charge is 2.31. The molecule has 0 saturated carbocycles. The quantitative estimate of drug-likeness (QED) is 0.884. The Morgan fingerprint density at radius 3 is 2.81 bits per heavy atom. The maximum absolute atomic E-state index is 10.2. The van der Waals surface area contributed by atoms with Crippen molar-refractivity contribution in [2.24, 2.45) is 0 Å². The van der Waals surface area contributed by atoms with Crippen LogP contribution in [-0.2, 0) is 11.3 Å². The van der Waals surface area contributed by atoms with Crippen molar-refractivity contribution in [3.63, 3.8) is 0 Å². The van der Waals surface area contributed by atoms with Crippen LogP contribution in [0.1, 0.15) is 12.0 Å². The summed E-state index contributed by atoms with van der Waals surface area (Å²) in [6.07, 6.45) is 0.706. The van der Waals surface area contributed by atoms with Crippen LogP contribution in [-0.4, -0.2) is 37.6 Å². The van der Waals surface area contributed by atoms with Crippen molar-refractivity contribution in [1.82, 2.24) is 5.32 Å². The van der Waals surface area contributed by atoms with Gasteiger partial charge in [-0.2, -0.15) is 0 Å². The lowest BCUT2D eigenvalue weighted by Crippen LogP contribution is -2.40. The second-order valence-corrected chi connectivity index (χ2v) is 5.68. The summed E-state index contributed by atoms with van der Waals surface area (Å²) < 4.78 is 10.5. The minimum absolute atomic E-state index is 0.428. The molecule has 0 aliphatic carbocycles. The molecule has 4 nitrogen and oxygen atoms in total. The van der Waals surface area contributed by atoms with E-state index in [9.17, 15) is 5.11 Å². The van der Waals surface area contributed by atoms with Gasteiger partial charge in [0.2, 0.25) is 0 Å². The number of methoxy groups -OCH3 is 1. The lowest BCUT2D eigenvalue weighted by atomic mass is 10.0. The van der Waals surface area contributed by atoms with Gasteiger partial charge in [-0.15, -0.1) is 0 Å². The van der Waals surface area contributed by atoms with E-state index in [2.05, 4.69) is 29.6 Å². The van der Waals surface area contributed by atoms with Crippen molar-refractivity contribution >= 4 is 10.8 Å². The Morgan fingerprint density at radius 1 is 1.24 bits per heavy atom. The average Bonchev–Trinajstić information content (AvgIpc) is 2.93. The first-order chi connectivity index (χ1) is 10.2. The Balaban J connectivity index is 1.64. The van der Waals surface area contributed by atoms with E-state index < -0.39 is 5.60 Å². The highest BCUT2D eigenvalue weighted by molar-refractivity contribution is 5.84. The van der Waals surface area contributed by atoms with E-state index in [1.165, 1.54) is 16.3 Å². The Kier molecular flexibility index (Phi) is 4.10. The van der Waals surface area contributed by atoms with Crippen LogP contribution in [0.25, 0.3) is 10.8 Å². The minimum atomic E-state index is -0.704. The van der Waals surface area contributed by atoms with Crippen LogP contribution in [0.3, 0.4) is 0 Å². The van der Waals surface area contributed by atoms with Gasteiger partial charge in [-0.3, -0.25) is 0 Å². The van der Waals surface area contributed by atoms with Crippen LogP contribution < -0.4 is 10.1 Å². The number of benzene rings is 2. The largest absolute Gasteiger partial charge is 0.497 e. The molecule has 0 aromatic heterocycles. The minimum Gasteiger partial charge on any atom is -0.497 e. The molecule has 112 valence electrons. The summed E-state index contributed by atoms with van der Waals surface area (Å²) in [5, 5.41) is 15.9. The fourth-order valence-electron chi connectivity index (χ4n) is 2.69. The predicted molar refractivity (Wildman–Crippen MR) is 82.6 cm³/mol. The molecule has 1 aliphatic rings. The number of nitrogens with one attached hydrogen (secondary N) is 1. The molecule has 1 heterocycles. The smallest absolute Gasteiger partial charge is 0.119 e. The van der Waals surface area contributed by atoms with E-state index in [-0.39, 0.29) is 0 Å². The molecule has 1 unspecified atom stereocenters. The van der Waals surface area contributed by atoms with Crippen LogP contribution in [0.4, 0.5) is 0 Å². The van der Waals surface area contributed by atoms with Gasteiger partial charge in [0.15, 0.2) is 0 Å². The molecule has 0 bridgehead atoms. The first kappa shape index (κ1) is 14.3. The third-order valence-corrected chi connectivity index (χ3v) is 3.98. The number of rotatable bonds is 5. The fraction of sp³-hybridized carbons (Fsp3) is 0.412. The third-order valence-electron chi connectivity index (χ3n) is 3.98.